The molecule has 4 nitrogen and oxygen atoms in total. The summed E-state index contributed by atoms with van der Waals surface area (Å²) < 4.78 is 13.2. The van der Waals surface area contributed by atoms with Crippen LogP contribution in [-0.4, -0.2) is 34.2 Å². The first-order valence-electron chi connectivity index (χ1n) is 4.45. The van der Waals surface area contributed by atoms with Gasteiger partial charge in [-0.05, 0) is 6.07 Å². The molecular weight excluding hydrogens is 185 g/mol. The Morgan fingerprint density at radius 2 is 2.36 bits per heavy atom. The molecule has 1 fully saturated rings. The van der Waals surface area contributed by atoms with E-state index in [4.69, 9.17) is 10.8 Å². The second-order valence-corrected chi connectivity index (χ2v) is 3.55. The van der Waals surface area contributed by atoms with E-state index in [1.54, 1.807) is 0 Å². The maximum Gasteiger partial charge on any atom is 0.146 e. The molecule has 0 radical (unpaired) electrons. The molecule has 0 aromatic carbocycles. The molecule has 5 heteroatoms. The number of β-amino-alcohol motifs (C(OH)–C–C–N with tert-alkyl or cyclic N) is 1. The molecule has 2 rings (SSSR count). The number of aliphatic hydroxyl groups excluding tert-OH is 1. The Kier molecular flexibility index (Phi) is 2.35. The summed E-state index contributed by atoms with van der Waals surface area (Å²) in [5.41, 5.74) is 5.98. The Balaban J connectivity index is 2.05. The zero-order valence-corrected chi connectivity index (χ0v) is 7.65. The molecule has 1 aliphatic rings. The van der Waals surface area contributed by atoms with Gasteiger partial charge < -0.3 is 10.8 Å². The SMILES string of the molecule is Nc1cc(CN2CC(O)C2)c(F)cn1. The van der Waals surface area contributed by atoms with Crippen LogP contribution in [0.15, 0.2) is 12.3 Å². The zero-order valence-electron chi connectivity index (χ0n) is 7.65. The lowest BCUT2D eigenvalue weighted by atomic mass is 10.1. The number of halogens is 1. The normalized spacial score (nSPS) is 18.1. The molecule has 76 valence electrons. The van der Waals surface area contributed by atoms with Gasteiger partial charge in [-0.3, -0.25) is 4.90 Å². The summed E-state index contributed by atoms with van der Waals surface area (Å²) >= 11 is 0. The molecule has 0 aliphatic carbocycles. The van der Waals surface area contributed by atoms with Crippen molar-refractivity contribution in [3.8, 4) is 0 Å². The average molecular weight is 197 g/mol. The molecule has 3 N–H and O–H groups in total. The first kappa shape index (κ1) is 9.36. The van der Waals surface area contributed by atoms with Crippen LogP contribution < -0.4 is 5.73 Å². The van der Waals surface area contributed by atoms with E-state index in [9.17, 15) is 4.39 Å². The van der Waals surface area contributed by atoms with Gasteiger partial charge in [0.1, 0.15) is 11.6 Å². The standard InChI is InChI=1S/C9H12FN3O/c10-8-2-12-9(11)1-6(8)3-13-4-7(14)5-13/h1-2,7,14H,3-5H2,(H2,11,12). The van der Waals surface area contributed by atoms with E-state index < -0.39 is 0 Å². The highest BCUT2D eigenvalue weighted by Gasteiger charge is 2.24. The van der Waals surface area contributed by atoms with Gasteiger partial charge in [0.15, 0.2) is 0 Å². The molecule has 1 aromatic rings. The van der Waals surface area contributed by atoms with Crippen LogP contribution >= 0.6 is 0 Å². The number of pyridine rings is 1. The fourth-order valence-electron chi connectivity index (χ4n) is 1.53. The molecule has 0 bridgehead atoms. The summed E-state index contributed by atoms with van der Waals surface area (Å²) in [6.07, 6.45) is 0.859. The molecule has 14 heavy (non-hydrogen) atoms. The first-order valence-corrected chi connectivity index (χ1v) is 4.45. The third kappa shape index (κ3) is 1.83. The van der Waals surface area contributed by atoms with Gasteiger partial charge in [0.05, 0.1) is 12.3 Å². The summed E-state index contributed by atoms with van der Waals surface area (Å²) in [6.45, 7) is 1.68. The Hall–Kier alpha value is -1.20. The summed E-state index contributed by atoms with van der Waals surface area (Å²) in [4.78, 5) is 5.59. The van der Waals surface area contributed by atoms with Crippen LogP contribution in [-0.2, 0) is 6.54 Å². The van der Waals surface area contributed by atoms with E-state index in [0.717, 1.165) is 6.20 Å². The number of hydrogen-bond acceptors (Lipinski definition) is 4. The fourth-order valence-corrected chi connectivity index (χ4v) is 1.53. The largest absolute Gasteiger partial charge is 0.390 e. The van der Waals surface area contributed by atoms with Gasteiger partial charge in [-0.25, -0.2) is 9.37 Å². The number of rotatable bonds is 2. The number of nitrogens with two attached hydrogens (primary N) is 1. The number of hydrogen-bond donors (Lipinski definition) is 2. The maximum atomic E-state index is 13.2. The molecule has 1 aliphatic heterocycles. The van der Waals surface area contributed by atoms with Gasteiger partial charge in [0, 0.05) is 25.2 Å². The van der Waals surface area contributed by atoms with Crippen molar-refractivity contribution >= 4 is 5.82 Å². The molecule has 0 saturated carbocycles. The van der Waals surface area contributed by atoms with E-state index in [1.807, 2.05) is 4.90 Å². The maximum absolute atomic E-state index is 13.2. The lowest BCUT2D eigenvalue weighted by molar-refractivity contribution is -0.00342. The van der Waals surface area contributed by atoms with Crippen LogP contribution in [0.5, 0.6) is 0 Å². The minimum absolute atomic E-state index is 0.266. The number of likely N-dealkylation sites (tertiary alicyclic amines) is 1. The third-order valence-electron chi connectivity index (χ3n) is 2.29. The van der Waals surface area contributed by atoms with Gasteiger partial charge in [-0.15, -0.1) is 0 Å². The van der Waals surface area contributed by atoms with Crippen molar-refractivity contribution in [3.05, 3.63) is 23.6 Å². The van der Waals surface area contributed by atoms with E-state index in [-0.39, 0.29) is 11.9 Å². The van der Waals surface area contributed by atoms with Gasteiger partial charge in [0.25, 0.3) is 0 Å². The lowest BCUT2D eigenvalue weighted by Crippen LogP contribution is -2.49. The highest BCUT2D eigenvalue weighted by Crippen LogP contribution is 2.16. The zero-order chi connectivity index (χ0) is 10.1. The van der Waals surface area contributed by atoms with Crippen molar-refractivity contribution in [2.75, 3.05) is 18.8 Å². The van der Waals surface area contributed by atoms with E-state index in [1.165, 1.54) is 6.07 Å². The second kappa shape index (κ2) is 3.51. The van der Waals surface area contributed by atoms with Crippen molar-refractivity contribution in [1.82, 2.24) is 9.88 Å². The van der Waals surface area contributed by atoms with Gasteiger partial charge in [-0.1, -0.05) is 0 Å². The van der Waals surface area contributed by atoms with Crippen molar-refractivity contribution in [3.63, 3.8) is 0 Å². The highest BCUT2D eigenvalue weighted by atomic mass is 19.1. The highest BCUT2D eigenvalue weighted by molar-refractivity contribution is 5.32. The van der Waals surface area contributed by atoms with Gasteiger partial charge in [0.2, 0.25) is 0 Å². The van der Waals surface area contributed by atoms with Crippen molar-refractivity contribution in [2.45, 2.75) is 12.6 Å². The van der Waals surface area contributed by atoms with Crippen LogP contribution in [0, 0.1) is 5.82 Å². The van der Waals surface area contributed by atoms with Crippen LogP contribution in [0.3, 0.4) is 0 Å². The van der Waals surface area contributed by atoms with E-state index >= 15 is 0 Å². The minimum Gasteiger partial charge on any atom is -0.390 e. The Labute approximate surface area is 81.2 Å². The summed E-state index contributed by atoms with van der Waals surface area (Å²) in [5.74, 6) is -0.0249. The first-order chi connectivity index (χ1) is 6.65. The molecule has 1 saturated heterocycles. The second-order valence-electron chi connectivity index (χ2n) is 3.55. The summed E-state index contributed by atoms with van der Waals surface area (Å²) in [7, 11) is 0. The molecule has 0 amide bonds. The monoisotopic (exact) mass is 197 g/mol. The number of aliphatic hydroxyl groups is 1. The Bertz CT molecular complexity index is 339. The molecular formula is C9H12FN3O. The minimum atomic E-state index is -0.347. The topological polar surface area (TPSA) is 62.4 Å². The number of anilines is 1. The number of nitrogen functional groups attached to an aromatic ring is 1. The lowest BCUT2D eigenvalue weighted by Gasteiger charge is -2.35. The van der Waals surface area contributed by atoms with Crippen molar-refractivity contribution in [1.29, 1.82) is 0 Å². The number of aromatic nitrogens is 1. The van der Waals surface area contributed by atoms with Crippen LogP contribution in [0.4, 0.5) is 10.2 Å². The summed E-state index contributed by atoms with van der Waals surface area (Å²) in [5, 5.41) is 9.05. The van der Waals surface area contributed by atoms with Crippen LogP contribution in [0.1, 0.15) is 5.56 Å². The molecule has 1 aromatic heterocycles. The quantitative estimate of drug-likeness (QED) is 0.699. The van der Waals surface area contributed by atoms with Gasteiger partial charge in [-0.2, -0.15) is 0 Å². The summed E-state index contributed by atoms with van der Waals surface area (Å²) in [6, 6.07) is 1.53. The molecule has 0 unspecified atom stereocenters. The predicted octanol–water partition coefficient (Wildman–Crippen LogP) is -0.0206. The van der Waals surface area contributed by atoms with Gasteiger partial charge >= 0.3 is 0 Å². The van der Waals surface area contributed by atoms with Crippen molar-refractivity contribution < 1.29 is 9.50 Å². The van der Waals surface area contributed by atoms with Crippen molar-refractivity contribution in [2.24, 2.45) is 0 Å². The predicted molar refractivity (Wildman–Crippen MR) is 49.9 cm³/mol. The average Bonchev–Trinajstić information content (AvgIpc) is 2.09. The molecule has 0 atom stereocenters. The van der Waals surface area contributed by atoms with E-state index in [2.05, 4.69) is 4.98 Å². The fraction of sp³-hybridized carbons (Fsp3) is 0.444. The Morgan fingerprint density at radius 3 is 3.00 bits per heavy atom. The smallest absolute Gasteiger partial charge is 0.146 e. The van der Waals surface area contributed by atoms with E-state index in [0.29, 0.717) is 31.0 Å². The molecule has 2 heterocycles. The van der Waals surface area contributed by atoms with Crippen LogP contribution in [0.25, 0.3) is 0 Å². The van der Waals surface area contributed by atoms with Crippen LogP contribution in [0.2, 0.25) is 0 Å². The number of nitrogens with zero attached hydrogens (tertiary/aromatic N) is 2. The third-order valence-corrected chi connectivity index (χ3v) is 2.29. The molecule has 0 spiro atoms. The Morgan fingerprint density at radius 1 is 1.64 bits per heavy atom.